The van der Waals surface area contributed by atoms with Gasteiger partial charge in [-0.15, -0.1) is 0 Å². The molecular formula is C21H18O4. The molecule has 0 amide bonds. The summed E-state index contributed by atoms with van der Waals surface area (Å²) in [5, 5.41) is 1.89. The summed E-state index contributed by atoms with van der Waals surface area (Å²) in [6.45, 7) is 4.09. The summed E-state index contributed by atoms with van der Waals surface area (Å²) >= 11 is 0. The van der Waals surface area contributed by atoms with Crippen molar-refractivity contribution in [3.63, 3.8) is 0 Å². The van der Waals surface area contributed by atoms with Crippen LogP contribution in [0.15, 0.2) is 56.1 Å². The minimum atomic E-state index is -0.385. The standard InChI is InChI=1S/C21H18O4/c1-4-13-5-8-18-16(9-13)17(11-20(22)24-18)21-12(2)15-7-6-14(23-3)10-19(15)25-21/h5-11H,4H2,1-3H3. The van der Waals surface area contributed by atoms with Crippen LogP contribution in [0.1, 0.15) is 18.1 Å². The summed E-state index contributed by atoms with van der Waals surface area (Å²) in [6.07, 6.45) is 0.908. The molecular weight excluding hydrogens is 316 g/mol. The lowest BCUT2D eigenvalue weighted by atomic mass is 10.0. The van der Waals surface area contributed by atoms with Gasteiger partial charge in [0.05, 0.1) is 7.11 Å². The van der Waals surface area contributed by atoms with Crippen molar-refractivity contribution in [1.82, 2.24) is 0 Å². The van der Waals surface area contributed by atoms with Crippen LogP contribution in [0.2, 0.25) is 0 Å². The minimum Gasteiger partial charge on any atom is -0.497 e. The average Bonchev–Trinajstić information content (AvgIpc) is 2.96. The Balaban J connectivity index is 2.05. The third-order valence-corrected chi connectivity index (χ3v) is 4.61. The van der Waals surface area contributed by atoms with Crippen LogP contribution in [0, 0.1) is 6.92 Å². The Morgan fingerprint density at radius 3 is 2.56 bits per heavy atom. The van der Waals surface area contributed by atoms with Crippen molar-refractivity contribution in [3.05, 3.63) is 64.0 Å². The average molecular weight is 334 g/mol. The molecule has 0 bridgehead atoms. The van der Waals surface area contributed by atoms with Crippen molar-refractivity contribution < 1.29 is 13.6 Å². The fraction of sp³-hybridized carbons (Fsp3) is 0.190. The maximum atomic E-state index is 12.0. The first-order chi connectivity index (χ1) is 12.1. The summed E-state index contributed by atoms with van der Waals surface area (Å²) in [5.41, 5.74) is 3.85. The number of hydrogen-bond acceptors (Lipinski definition) is 4. The maximum Gasteiger partial charge on any atom is 0.336 e. The fourth-order valence-corrected chi connectivity index (χ4v) is 3.21. The summed E-state index contributed by atoms with van der Waals surface area (Å²) in [5.74, 6) is 1.42. The molecule has 4 rings (SSSR count). The van der Waals surface area contributed by atoms with Gasteiger partial charge in [-0.3, -0.25) is 0 Å². The van der Waals surface area contributed by atoms with Gasteiger partial charge in [0, 0.05) is 34.0 Å². The predicted octanol–water partition coefficient (Wildman–Crippen LogP) is 5.09. The molecule has 4 nitrogen and oxygen atoms in total. The molecule has 2 heterocycles. The lowest BCUT2D eigenvalue weighted by molar-refractivity contribution is 0.414. The molecule has 25 heavy (non-hydrogen) atoms. The molecule has 0 saturated heterocycles. The van der Waals surface area contributed by atoms with E-state index in [1.807, 2.05) is 37.3 Å². The summed E-state index contributed by atoms with van der Waals surface area (Å²) in [7, 11) is 1.63. The summed E-state index contributed by atoms with van der Waals surface area (Å²) in [6, 6.07) is 13.1. The van der Waals surface area contributed by atoms with Crippen LogP contribution in [-0.4, -0.2) is 7.11 Å². The quantitative estimate of drug-likeness (QED) is 0.490. The Morgan fingerprint density at radius 2 is 1.80 bits per heavy atom. The lowest BCUT2D eigenvalue weighted by Gasteiger charge is -2.06. The number of benzene rings is 2. The Kier molecular flexibility index (Phi) is 3.61. The SMILES string of the molecule is CCc1ccc2oc(=O)cc(-c3oc4cc(OC)ccc4c3C)c2c1. The number of aryl methyl sites for hydroxylation is 2. The molecule has 0 spiro atoms. The van der Waals surface area contributed by atoms with Crippen molar-refractivity contribution in [2.75, 3.05) is 7.11 Å². The highest BCUT2D eigenvalue weighted by molar-refractivity contribution is 5.97. The van der Waals surface area contributed by atoms with Gasteiger partial charge in [-0.05, 0) is 43.2 Å². The maximum absolute atomic E-state index is 12.0. The minimum absolute atomic E-state index is 0.385. The van der Waals surface area contributed by atoms with Crippen molar-refractivity contribution in [1.29, 1.82) is 0 Å². The number of hydrogen-bond donors (Lipinski definition) is 0. The molecule has 4 aromatic rings. The van der Waals surface area contributed by atoms with Gasteiger partial charge in [-0.25, -0.2) is 4.79 Å². The molecule has 4 heteroatoms. The monoisotopic (exact) mass is 334 g/mol. The van der Waals surface area contributed by atoms with E-state index in [1.54, 1.807) is 7.11 Å². The van der Waals surface area contributed by atoms with Crippen LogP contribution in [0.3, 0.4) is 0 Å². The van der Waals surface area contributed by atoms with Crippen molar-refractivity contribution in [3.8, 4) is 17.1 Å². The zero-order valence-electron chi connectivity index (χ0n) is 14.4. The first-order valence-electron chi connectivity index (χ1n) is 8.25. The van der Waals surface area contributed by atoms with Gasteiger partial charge in [0.15, 0.2) is 0 Å². The normalized spacial score (nSPS) is 11.3. The Labute approximate surface area is 144 Å². The van der Waals surface area contributed by atoms with Crippen LogP contribution < -0.4 is 10.4 Å². The molecule has 0 aliphatic heterocycles. The molecule has 2 aromatic heterocycles. The van der Waals surface area contributed by atoms with E-state index in [1.165, 1.54) is 11.6 Å². The van der Waals surface area contributed by atoms with E-state index in [0.29, 0.717) is 11.3 Å². The number of fused-ring (bicyclic) bond motifs is 2. The highest BCUT2D eigenvalue weighted by atomic mass is 16.5. The van der Waals surface area contributed by atoms with Gasteiger partial charge < -0.3 is 13.6 Å². The van der Waals surface area contributed by atoms with E-state index < -0.39 is 0 Å². The molecule has 0 atom stereocenters. The Morgan fingerprint density at radius 1 is 0.960 bits per heavy atom. The van der Waals surface area contributed by atoms with Gasteiger partial charge in [-0.1, -0.05) is 13.0 Å². The third kappa shape index (κ3) is 2.50. The second kappa shape index (κ2) is 5.81. The second-order valence-electron chi connectivity index (χ2n) is 6.08. The predicted molar refractivity (Wildman–Crippen MR) is 98.4 cm³/mol. The third-order valence-electron chi connectivity index (χ3n) is 4.61. The zero-order chi connectivity index (χ0) is 17.6. The van der Waals surface area contributed by atoms with E-state index in [-0.39, 0.29) is 5.63 Å². The molecule has 126 valence electrons. The van der Waals surface area contributed by atoms with Crippen molar-refractivity contribution >= 4 is 21.9 Å². The number of methoxy groups -OCH3 is 1. The van der Waals surface area contributed by atoms with Crippen LogP contribution >= 0.6 is 0 Å². The topological polar surface area (TPSA) is 52.6 Å². The van der Waals surface area contributed by atoms with Crippen LogP contribution in [0.4, 0.5) is 0 Å². The van der Waals surface area contributed by atoms with E-state index in [0.717, 1.165) is 39.7 Å². The highest BCUT2D eigenvalue weighted by Crippen LogP contribution is 2.37. The second-order valence-corrected chi connectivity index (χ2v) is 6.08. The van der Waals surface area contributed by atoms with E-state index in [2.05, 4.69) is 13.0 Å². The lowest BCUT2D eigenvalue weighted by Crippen LogP contribution is -1.98. The van der Waals surface area contributed by atoms with Crippen molar-refractivity contribution in [2.24, 2.45) is 0 Å². The van der Waals surface area contributed by atoms with E-state index >= 15 is 0 Å². The van der Waals surface area contributed by atoms with Gasteiger partial charge >= 0.3 is 5.63 Å². The summed E-state index contributed by atoms with van der Waals surface area (Å²) in [4.78, 5) is 12.0. The van der Waals surface area contributed by atoms with Gasteiger partial charge in [0.25, 0.3) is 0 Å². The smallest absolute Gasteiger partial charge is 0.336 e. The molecule has 0 aliphatic carbocycles. The van der Waals surface area contributed by atoms with Crippen LogP contribution in [-0.2, 0) is 6.42 Å². The Hall–Kier alpha value is -3.01. The van der Waals surface area contributed by atoms with Crippen molar-refractivity contribution in [2.45, 2.75) is 20.3 Å². The number of ether oxygens (including phenoxy) is 1. The molecule has 0 saturated carbocycles. The van der Waals surface area contributed by atoms with E-state index in [9.17, 15) is 4.79 Å². The number of furan rings is 1. The molecule has 0 fully saturated rings. The van der Waals surface area contributed by atoms with Crippen LogP contribution in [0.5, 0.6) is 5.75 Å². The molecule has 0 radical (unpaired) electrons. The first-order valence-corrected chi connectivity index (χ1v) is 8.25. The number of rotatable bonds is 3. The molecule has 0 unspecified atom stereocenters. The first kappa shape index (κ1) is 15.5. The molecule has 2 aromatic carbocycles. The molecule has 0 aliphatic rings. The highest BCUT2D eigenvalue weighted by Gasteiger charge is 2.17. The van der Waals surface area contributed by atoms with Crippen LogP contribution in [0.25, 0.3) is 33.3 Å². The largest absolute Gasteiger partial charge is 0.497 e. The molecule has 0 N–H and O–H groups in total. The van der Waals surface area contributed by atoms with E-state index in [4.69, 9.17) is 13.6 Å². The van der Waals surface area contributed by atoms with Gasteiger partial charge in [-0.2, -0.15) is 0 Å². The van der Waals surface area contributed by atoms with Gasteiger partial charge in [0.2, 0.25) is 0 Å². The zero-order valence-corrected chi connectivity index (χ0v) is 14.4. The Bertz CT molecular complexity index is 1150. The summed E-state index contributed by atoms with van der Waals surface area (Å²) < 4.78 is 16.7. The van der Waals surface area contributed by atoms with Gasteiger partial charge in [0.1, 0.15) is 22.7 Å². The fourth-order valence-electron chi connectivity index (χ4n) is 3.21.